The van der Waals surface area contributed by atoms with Gasteiger partial charge in [0.2, 0.25) is 0 Å². The third-order valence-electron chi connectivity index (χ3n) is 4.08. The summed E-state index contributed by atoms with van der Waals surface area (Å²) in [6.07, 6.45) is 2.51. The van der Waals surface area contributed by atoms with Gasteiger partial charge in [-0.15, -0.1) is 0 Å². The minimum Gasteiger partial charge on any atom is -0.504 e. The first kappa shape index (κ1) is 23.9. The summed E-state index contributed by atoms with van der Waals surface area (Å²) in [6, 6.07) is 8.35. The number of hydrogen-bond acceptors (Lipinski definition) is 9. The summed E-state index contributed by atoms with van der Waals surface area (Å²) in [4.78, 5) is 47.7. The minimum atomic E-state index is -0.802. The zero-order valence-corrected chi connectivity index (χ0v) is 17.5. The van der Waals surface area contributed by atoms with Gasteiger partial charge in [0, 0.05) is 6.08 Å². The molecule has 1 amide bonds. The van der Waals surface area contributed by atoms with E-state index in [4.69, 9.17) is 9.47 Å². The number of aromatic hydroxyl groups is 1. The molecule has 168 valence electrons. The Morgan fingerprint density at radius 3 is 2.34 bits per heavy atom. The van der Waals surface area contributed by atoms with Gasteiger partial charge < -0.3 is 29.4 Å². The molecule has 0 saturated carbocycles. The van der Waals surface area contributed by atoms with Crippen molar-refractivity contribution in [1.82, 2.24) is 0 Å². The van der Waals surface area contributed by atoms with E-state index in [1.807, 2.05) is 0 Å². The van der Waals surface area contributed by atoms with E-state index in [1.54, 1.807) is 6.07 Å². The van der Waals surface area contributed by atoms with Crippen molar-refractivity contribution in [2.45, 2.75) is 0 Å². The van der Waals surface area contributed by atoms with Crippen LogP contribution < -0.4 is 10.1 Å². The van der Waals surface area contributed by atoms with Gasteiger partial charge in [-0.05, 0) is 42.0 Å². The monoisotopic (exact) mass is 443 g/mol. The fraction of sp³-hybridized carbons (Fsp3) is 0.182. The van der Waals surface area contributed by atoms with E-state index in [9.17, 15) is 24.3 Å². The van der Waals surface area contributed by atoms with E-state index in [2.05, 4.69) is 14.8 Å². The number of phenols is 1. The topological polar surface area (TPSA) is 137 Å². The molecule has 0 radical (unpaired) electrons. The van der Waals surface area contributed by atoms with Crippen molar-refractivity contribution in [2.75, 3.05) is 33.3 Å². The molecule has 10 heteroatoms. The van der Waals surface area contributed by atoms with Crippen LogP contribution in [0.5, 0.6) is 11.5 Å². The highest BCUT2D eigenvalue weighted by molar-refractivity contribution is 6.04. The predicted molar refractivity (Wildman–Crippen MR) is 112 cm³/mol. The molecule has 2 aromatic carbocycles. The molecule has 0 saturated heterocycles. The first-order valence-corrected chi connectivity index (χ1v) is 9.11. The van der Waals surface area contributed by atoms with Crippen LogP contribution in [0.1, 0.15) is 26.3 Å². The third kappa shape index (κ3) is 6.33. The van der Waals surface area contributed by atoms with E-state index < -0.39 is 30.4 Å². The largest absolute Gasteiger partial charge is 0.504 e. The second-order valence-corrected chi connectivity index (χ2v) is 6.16. The molecule has 0 aliphatic rings. The number of rotatable bonds is 8. The number of carbonyl (C=O) groups excluding carboxylic acids is 4. The molecule has 0 atom stereocenters. The van der Waals surface area contributed by atoms with E-state index in [1.165, 1.54) is 57.7 Å². The second-order valence-electron chi connectivity index (χ2n) is 6.16. The number of nitrogens with one attached hydrogen (secondary N) is 1. The maximum Gasteiger partial charge on any atom is 0.339 e. The lowest BCUT2D eigenvalue weighted by molar-refractivity contribution is -0.142. The lowest BCUT2D eigenvalue weighted by atomic mass is 10.1. The molecule has 0 aliphatic carbocycles. The average Bonchev–Trinajstić information content (AvgIpc) is 2.81. The van der Waals surface area contributed by atoms with E-state index in [0.717, 1.165) is 6.08 Å². The van der Waals surface area contributed by atoms with Crippen LogP contribution in [-0.4, -0.2) is 56.9 Å². The Bertz CT molecular complexity index is 1060. The summed E-state index contributed by atoms with van der Waals surface area (Å²) in [5, 5.41) is 12.0. The second kappa shape index (κ2) is 11.2. The number of phenolic OH excluding ortho intramolecular Hbond substituents is 1. The van der Waals surface area contributed by atoms with Gasteiger partial charge in [-0.2, -0.15) is 0 Å². The summed E-state index contributed by atoms with van der Waals surface area (Å²) in [6.45, 7) is -0.648. The number of benzene rings is 2. The van der Waals surface area contributed by atoms with E-state index in [-0.39, 0.29) is 28.3 Å². The smallest absolute Gasteiger partial charge is 0.339 e. The molecule has 0 spiro atoms. The van der Waals surface area contributed by atoms with Gasteiger partial charge in [0.1, 0.15) is 0 Å². The predicted octanol–water partition coefficient (Wildman–Crippen LogP) is 2.17. The van der Waals surface area contributed by atoms with Crippen LogP contribution in [0.15, 0.2) is 42.5 Å². The summed E-state index contributed by atoms with van der Waals surface area (Å²) in [7, 11) is 3.75. The number of ether oxygens (including phenoxy) is 4. The average molecular weight is 443 g/mol. The van der Waals surface area contributed by atoms with Crippen molar-refractivity contribution < 1.29 is 43.2 Å². The summed E-state index contributed by atoms with van der Waals surface area (Å²) in [5.41, 5.74) is 0.650. The van der Waals surface area contributed by atoms with Crippen LogP contribution in [0.2, 0.25) is 0 Å². The standard InChI is InChI=1S/C22H21NO9/c1-29-18-10-13(4-8-17(18)24)5-9-20(26)32-12-19(25)23-16-11-14(21(27)30-2)6-7-15(16)22(28)31-3/h4-11,24H,12H2,1-3H3,(H,23,25). The maximum atomic E-state index is 12.2. The number of esters is 3. The van der Waals surface area contributed by atoms with Crippen molar-refractivity contribution in [1.29, 1.82) is 0 Å². The molecule has 0 heterocycles. The van der Waals surface area contributed by atoms with Crippen LogP contribution in [-0.2, 0) is 23.8 Å². The molecule has 32 heavy (non-hydrogen) atoms. The van der Waals surface area contributed by atoms with Crippen LogP contribution in [0.3, 0.4) is 0 Å². The van der Waals surface area contributed by atoms with Crippen molar-refractivity contribution in [2.24, 2.45) is 0 Å². The van der Waals surface area contributed by atoms with Gasteiger partial charge in [0.05, 0.1) is 38.1 Å². The van der Waals surface area contributed by atoms with Crippen molar-refractivity contribution in [3.05, 3.63) is 59.2 Å². The Morgan fingerprint density at radius 2 is 1.69 bits per heavy atom. The molecule has 0 aromatic heterocycles. The molecule has 2 N–H and O–H groups in total. The van der Waals surface area contributed by atoms with Gasteiger partial charge in [-0.1, -0.05) is 6.07 Å². The van der Waals surface area contributed by atoms with Gasteiger partial charge in [-0.25, -0.2) is 14.4 Å². The molecule has 2 rings (SSSR count). The van der Waals surface area contributed by atoms with Crippen LogP contribution >= 0.6 is 0 Å². The highest BCUT2D eigenvalue weighted by Crippen LogP contribution is 2.26. The van der Waals surface area contributed by atoms with Crippen LogP contribution in [0.4, 0.5) is 5.69 Å². The third-order valence-corrected chi connectivity index (χ3v) is 4.08. The van der Waals surface area contributed by atoms with Crippen LogP contribution in [0, 0.1) is 0 Å². The van der Waals surface area contributed by atoms with Crippen molar-refractivity contribution in [3.8, 4) is 11.5 Å². The number of amides is 1. The van der Waals surface area contributed by atoms with Gasteiger partial charge in [0.15, 0.2) is 18.1 Å². The van der Waals surface area contributed by atoms with Crippen molar-refractivity contribution >= 4 is 35.6 Å². The number of carbonyl (C=O) groups is 4. The number of hydrogen-bond donors (Lipinski definition) is 2. The lowest BCUT2D eigenvalue weighted by Crippen LogP contribution is -2.22. The van der Waals surface area contributed by atoms with Gasteiger partial charge in [0.25, 0.3) is 5.91 Å². The summed E-state index contributed by atoms with van der Waals surface area (Å²) in [5.74, 6) is -2.77. The molecular weight excluding hydrogens is 422 g/mol. The highest BCUT2D eigenvalue weighted by Gasteiger charge is 2.18. The summed E-state index contributed by atoms with van der Waals surface area (Å²) < 4.78 is 19.1. The van der Waals surface area contributed by atoms with Gasteiger partial charge >= 0.3 is 17.9 Å². The number of methoxy groups -OCH3 is 3. The highest BCUT2D eigenvalue weighted by atomic mass is 16.5. The lowest BCUT2D eigenvalue weighted by Gasteiger charge is -2.11. The Labute approximate surface area is 183 Å². The Hall–Kier alpha value is -4.34. The Balaban J connectivity index is 2.03. The fourth-order valence-electron chi connectivity index (χ4n) is 2.51. The molecule has 0 bridgehead atoms. The Morgan fingerprint density at radius 1 is 0.969 bits per heavy atom. The van der Waals surface area contributed by atoms with E-state index >= 15 is 0 Å². The quantitative estimate of drug-likeness (QED) is 0.357. The molecular formula is C22H21NO9. The molecule has 10 nitrogen and oxygen atoms in total. The van der Waals surface area contributed by atoms with Gasteiger partial charge in [-0.3, -0.25) is 4.79 Å². The SMILES string of the molecule is COC(=O)c1ccc(C(=O)OC)c(NC(=O)COC(=O)C=Cc2ccc(O)c(OC)c2)c1. The zero-order valence-electron chi connectivity index (χ0n) is 17.5. The minimum absolute atomic E-state index is 0.000929. The van der Waals surface area contributed by atoms with Crippen molar-refractivity contribution in [3.63, 3.8) is 0 Å². The first-order chi connectivity index (χ1) is 15.3. The Kier molecular flexibility index (Phi) is 8.35. The summed E-state index contributed by atoms with van der Waals surface area (Å²) >= 11 is 0. The van der Waals surface area contributed by atoms with E-state index in [0.29, 0.717) is 5.56 Å². The van der Waals surface area contributed by atoms with Crippen LogP contribution in [0.25, 0.3) is 6.08 Å². The number of anilines is 1. The molecule has 0 unspecified atom stereocenters. The maximum absolute atomic E-state index is 12.2. The molecule has 0 aliphatic heterocycles. The zero-order chi connectivity index (χ0) is 23.7. The first-order valence-electron chi connectivity index (χ1n) is 9.11. The normalized spacial score (nSPS) is 10.3. The molecule has 2 aromatic rings. The molecule has 0 fully saturated rings. The fourth-order valence-corrected chi connectivity index (χ4v) is 2.51.